The average Bonchev–Trinajstić information content (AvgIpc) is 2.67. The molecule has 1 atom stereocenters. The van der Waals surface area contributed by atoms with Gasteiger partial charge in [0.05, 0.1) is 11.5 Å². The Morgan fingerprint density at radius 3 is 2.89 bits per heavy atom. The molecule has 1 aromatic heterocycles. The van der Waals surface area contributed by atoms with Crippen LogP contribution in [0.25, 0.3) is 0 Å². The number of rotatable bonds is 4. The SMILES string of the molecule is CC1CS(=O)(=O)CCN1CCCn1ccc(N)n1. The summed E-state index contributed by atoms with van der Waals surface area (Å²) in [6, 6.07) is 1.89. The van der Waals surface area contributed by atoms with Gasteiger partial charge in [0.1, 0.15) is 5.82 Å². The molecule has 18 heavy (non-hydrogen) atoms. The summed E-state index contributed by atoms with van der Waals surface area (Å²) in [6.45, 7) is 4.33. The van der Waals surface area contributed by atoms with E-state index in [0.717, 1.165) is 19.5 Å². The minimum atomic E-state index is -2.81. The van der Waals surface area contributed by atoms with Crippen LogP contribution in [-0.4, -0.2) is 53.7 Å². The molecule has 0 aliphatic carbocycles. The fourth-order valence-electron chi connectivity index (χ4n) is 2.30. The minimum Gasteiger partial charge on any atom is -0.382 e. The molecule has 102 valence electrons. The third kappa shape index (κ3) is 3.46. The molecule has 1 aromatic rings. The maximum atomic E-state index is 11.4. The Bertz CT molecular complexity index is 497. The van der Waals surface area contributed by atoms with Crippen molar-refractivity contribution in [2.45, 2.75) is 25.9 Å². The first-order valence-corrected chi connectivity index (χ1v) is 8.02. The summed E-state index contributed by atoms with van der Waals surface area (Å²) in [5, 5.41) is 4.12. The number of nitrogens with two attached hydrogens (primary N) is 1. The van der Waals surface area contributed by atoms with Gasteiger partial charge in [-0.1, -0.05) is 0 Å². The van der Waals surface area contributed by atoms with Crippen LogP contribution in [-0.2, 0) is 16.4 Å². The smallest absolute Gasteiger partial charge is 0.153 e. The van der Waals surface area contributed by atoms with Crippen LogP contribution in [0.5, 0.6) is 0 Å². The first-order chi connectivity index (χ1) is 8.46. The van der Waals surface area contributed by atoms with Gasteiger partial charge in [-0.25, -0.2) is 8.42 Å². The van der Waals surface area contributed by atoms with Crippen molar-refractivity contribution in [3.05, 3.63) is 12.3 Å². The molecule has 0 aromatic carbocycles. The lowest BCUT2D eigenvalue weighted by Gasteiger charge is -2.32. The normalized spacial score (nSPS) is 24.2. The van der Waals surface area contributed by atoms with E-state index in [2.05, 4.69) is 10.00 Å². The maximum absolute atomic E-state index is 11.4. The van der Waals surface area contributed by atoms with Crippen molar-refractivity contribution < 1.29 is 8.42 Å². The summed E-state index contributed by atoms with van der Waals surface area (Å²) in [6.07, 6.45) is 2.81. The first-order valence-electron chi connectivity index (χ1n) is 6.20. The van der Waals surface area contributed by atoms with Gasteiger partial charge >= 0.3 is 0 Å². The Balaban J connectivity index is 1.77. The van der Waals surface area contributed by atoms with E-state index in [1.165, 1.54) is 0 Å². The van der Waals surface area contributed by atoms with E-state index >= 15 is 0 Å². The van der Waals surface area contributed by atoms with Crippen molar-refractivity contribution in [3.63, 3.8) is 0 Å². The molecule has 2 heterocycles. The van der Waals surface area contributed by atoms with E-state index in [9.17, 15) is 8.42 Å². The first kappa shape index (κ1) is 13.4. The minimum absolute atomic E-state index is 0.117. The summed E-state index contributed by atoms with van der Waals surface area (Å²) >= 11 is 0. The highest BCUT2D eigenvalue weighted by Gasteiger charge is 2.27. The molecule has 0 amide bonds. The maximum Gasteiger partial charge on any atom is 0.153 e. The topological polar surface area (TPSA) is 81.2 Å². The largest absolute Gasteiger partial charge is 0.382 e. The monoisotopic (exact) mass is 272 g/mol. The molecular weight excluding hydrogens is 252 g/mol. The molecule has 2 N–H and O–H groups in total. The number of aryl methyl sites for hydroxylation is 1. The number of hydrogen-bond donors (Lipinski definition) is 1. The van der Waals surface area contributed by atoms with Crippen LogP contribution in [0.3, 0.4) is 0 Å². The zero-order valence-electron chi connectivity index (χ0n) is 10.6. The molecule has 2 rings (SSSR count). The standard InChI is InChI=1S/C11H20N4O2S/c1-10-9-18(16,17)8-7-14(10)4-2-5-15-6-3-11(12)13-15/h3,6,10H,2,4-5,7-9H2,1H3,(H2,12,13). The number of hydrogen-bond acceptors (Lipinski definition) is 5. The fraction of sp³-hybridized carbons (Fsp3) is 0.727. The number of sulfone groups is 1. The lowest BCUT2D eigenvalue weighted by Crippen LogP contribution is -2.47. The third-order valence-electron chi connectivity index (χ3n) is 3.30. The highest BCUT2D eigenvalue weighted by molar-refractivity contribution is 7.91. The van der Waals surface area contributed by atoms with Crippen molar-refractivity contribution in [1.82, 2.24) is 14.7 Å². The second-order valence-corrected chi connectivity index (χ2v) is 7.09. The fourth-order valence-corrected chi connectivity index (χ4v) is 3.93. The van der Waals surface area contributed by atoms with Gasteiger partial charge < -0.3 is 5.73 Å². The van der Waals surface area contributed by atoms with Gasteiger partial charge in [-0.05, 0) is 19.4 Å². The van der Waals surface area contributed by atoms with Crippen LogP contribution < -0.4 is 5.73 Å². The van der Waals surface area contributed by atoms with Gasteiger partial charge in [0.25, 0.3) is 0 Å². The molecule has 1 saturated heterocycles. The van der Waals surface area contributed by atoms with E-state index in [1.54, 1.807) is 6.07 Å². The van der Waals surface area contributed by atoms with E-state index in [1.807, 2.05) is 17.8 Å². The van der Waals surface area contributed by atoms with Crippen LogP contribution in [0.4, 0.5) is 5.82 Å². The molecule has 0 saturated carbocycles. The molecule has 1 unspecified atom stereocenters. The quantitative estimate of drug-likeness (QED) is 0.832. The van der Waals surface area contributed by atoms with Gasteiger partial charge in [-0.2, -0.15) is 5.10 Å². The summed E-state index contributed by atoms with van der Waals surface area (Å²) in [7, 11) is -2.81. The van der Waals surface area contributed by atoms with Gasteiger partial charge in [-0.15, -0.1) is 0 Å². The van der Waals surface area contributed by atoms with E-state index < -0.39 is 9.84 Å². The van der Waals surface area contributed by atoms with Gasteiger partial charge in [0.2, 0.25) is 0 Å². The van der Waals surface area contributed by atoms with Crippen molar-refractivity contribution >= 4 is 15.7 Å². The molecule has 1 aliphatic rings. The molecule has 0 bridgehead atoms. The lowest BCUT2D eigenvalue weighted by molar-refractivity contribution is 0.219. The molecular formula is C11H20N4O2S. The highest BCUT2D eigenvalue weighted by atomic mass is 32.2. The Morgan fingerprint density at radius 2 is 2.28 bits per heavy atom. The number of nitrogens with zero attached hydrogens (tertiary/aromatic N) is 3. The van der Waals surface area contributed by atoms with E-state index in [4.69, 9.17) is 5.73 Å². The molecule has 0 spiro atoms. The van der Waals surface area contributed by atoms with Gasteiger partial charge in [0, 0.05) is 31.9 Å². The molecule has 7 heteroatoms. The van der Waals surface area contributed by atoms with Crippen LogP contribution in [0.2, 0.25) is 0 Å². The highest BCUT2D eigenvalue weighted by Crippen LogP contribution is 2.12. The zero-order chi connectivity index (χ0) is 13.2. The molecule has 6 nitrogen and oxygen atoms in total. The van der Waals surface area contributed by atoms with Crippen LogP contribution in [0, 0.1) is 0 Å². The molecule has 1 aliphatic heterocycles. The summed E-state index contributed by atoms with van der Waals surface area (Å²) in [4.78, 5) is 2.23. The summed E-state index contributed by atoms with van der Waals surface area (Å²) in [5.41, 5.74) is 5.54. The zero-order valence-corrected chi connectivity index (χ0v) is 11.4. The van der Waals surface area contributed by atoms with Crippen LogP contribution in [0.15, 0.2) is 12.3 Å². The van der Waals surface area contributed by atoms with Crippen molar-refractivity contribution in [1.29, 1.82) is 0 Å². The number of nitrogen functional groups attached to an aromatic ring is 1. The van der Waals surface area contributed by atoms with Gasteiger partial charge in [0.15, 0.2) is 9.84 Å². The van der Waals surface area contributed by atoms with E-state index in [-0.39, 0.29) is 17.5 Å². The molecule has 0 radical (unpaired) electrons. The van der Waals surface area contributed by atoms with E-state index in [0.29, 0.717) is 12.4 Å². The predicted molar refractivity (Wildman–Crippen MR) is 70.9 cm³/mol. The number of anilines is 1. The third-order valence-corrected chi connectivity index (χ3v) is 5.10. The summed E-state index contributed by atoms with van der Waals surface area (Å²) in [5.74, 6) is 1.10. The van der Waals surface area contributed by atoms with Crippen LogP contribution in [0.1, 0.15) is 13.3 Å². The second kappa shape index (κ2) is 5.27. The number of aromatic nitrogens is 2. The second-order valence-electron chi connectivity index (χ2n) is 4.86. The van der Waals surface area contributed by atoms with Crippen molar-refractivity contribution in [2.75, 3.05) is 30.3 Å². The van der Waals surface area contributed by atoms with Crippen molar-refractivity contribution in [3.8, 4) is 0 Å². The Hall–Kier alpha value is -1.08. The Kier molecular flexibility index (Phi) is 3.91. The lowest BCUT2D eigenvalue weighted by atomic mass is 10.3. The van der Waals surface area contributed by atoms with Crippen molar-refractivity contribution in [2.24, 2.45) is 0 Å². The molecule has 1 fully saturated rings. The average molecular weight is 272 g/mol. The predicted octanol–water partition coefficient (Wildman–Crippen LogP) is -0.0257. The van der Waals surface area contributed by atoms with Gasteiger partial charge in [-0.3, -0.25) is 9.58 Å². The Labute approximate surface area is 108 Å². The summed E-state index contributed by atoms with van der Waals surface area (Å²) < 4.78 is 24.7. The Morgan fingerprint density at radius 1 is 1.50 bits per heavy atom. The van der Waals surface area contributed by atoms with Crippen LogP contribution >= 0.6 is 0 Å².